The lowest BCUT2D eigenvalue weighted by Crippen LogP contribution is -1.86. The first-order chi connectivity index (χ1) is 8.06. The van der Waals surface area contributed by atoms with Crippen LogP contribution in [0.3, 0.4) is 0 Å². The highest BCUT2D eigenvalue weighted by molar-refractivity contribution is 9.10. The minimum absolute atomic E-state index is 0.0328. The largest absolute Gasteiger partial charge is 0.504 e. The lowest BCUT2D eigenvalue weighted by Gasteiger charge is -2.09. The second kappa shape index (κ2) is 5.17. The normalized spacial score (nSPS) is 10.3. The molecule has 2 nitrogen and oxygen atoms in total. The maximum absolute atomic E-state index is 9.67. The number of hydrogen-bond acceptors (Lipinski definition) is 2. The van der Waals surface area contributed by atoms with E-state index >= 15 is 0 Å². The fraction of sp³-hybridized carbons (Fsp3) is 0. The van der Waals surface area contributed by atoms with Gasteiger partial charge in [-0.05, 0) is 36.4 Å². The summed E-state index contributed by atoms with van der Waals surface area (Å²) in [6.45, 7) is 0. The maximum atomic E-state index is 9.67. The monoisotopic (exact) mass is 332 g/mol. The number of aromatic hydroxyl groups is 1. The summed E-state index contributed by atoms with van der Waals surface area (Å²) in [5, 5.41) is 10.6. The minimum Gasteiger partial charge on any atom is -0.504 e. The number of benzene rings is 2. The van der Waals surface area contributed by atoms with Crippen LogP contribution in [-0.4, -0.2) is 5.11 Å². The zero-order valence-corrected chi connectivity index (χ0v) is 11.6. The van der Waals surface area contributed by atoms with Crippen LogP contribution in [0.5, 0.6) is 17.2 Å². The molecule has 0 heterocycles. The second-order valence-corrected chi connectivity index (χ2v) is 5.05. The molecular formula is C12H7BrCl2O2. The van der Waals surface area contributed by atoms with Gasteiger partial charge in [-0.1, -0.05) is 39.1 Å². The molecule has 17 heavy (non-hydrogen) atoms. The Morgan fingerprint density at radius 2 is 1.71 bits per heavy atom. The van der Waals surface area contributed by atoms with E-state index in [0.717, 1.165) is 4.47 Å². The Morgan fingerprint density at radius 3 is 2.35 bits per heavy atom. The third-order valence-corrected chi connectivity index (χ3v) is 3.06. The molecule has 0 aliphatic heterocycles. The van der Waals surface area contributed by atoms with E-state index < -0.39 is 0 Å². The van der Waals surface area contributed by atoms with E-state index in [1.807, 2.05) is 0 Å². The average molecular weight is 334 g/mol. The number of phenols is 1. The molecule has 2 rings (SSSR count). The Hall–Kier alpha value is -0.900. The van der Waals surface area contributed by atoms with Gasteiger partial charge >= 0.3 is 0 Å². The molecule has 0 aromatic heterocycles. The molecule has 2 aromatic carbocycles. The van der Waals surface area contributed by atoms with Crippen LogP contribution in [0.25, 0.3) is 0 Å². The smallest absolute Gasteiger partial charge is 0.169 e. The number of ether oxygens (including phenoxy) is 1. The van der Waals surface area contributed by atoms with Crippen LogP contribution in [0.15, 0.2) is 40.9 Å². The molecule has 2 aromatic rings. The van der Waals surface area contributed by atoms with Crippen LogP contribution in [0.2, 0.25) is 10.0 Å². The Bertz CT molecular complexity index is 509. The van der Waals surface area contributed by atoms with Gasteiger partial charge in [0.15, 0.2) is 11.5 Å². The lowest BCUT2D eigenvalue weighted by molar-refractivity contribution is 0.411. The lowest BCUT2D eigenvalue weighted by atomic mass is 10.3. The highest BCUT2D eigenvalue weighted by atomic mass is 79.9. The molecule has 0 atom stereocenters. The molecule has 0 spiro atoms. The Labute approximate surface area is 117 Å². The average Bonchev–Trinajstić information content (AvgIpc) is 2.25. The molecule has 0 amide bonds. The van der Waals surface area contributed by atoms with Crippen LogP contribution in [0.4, 0.5) is 0 Å². The molecule has 0 bridgehead atoms. The van der Waals surface area contributed by atoms with Gasteiger partial charge in [-0.15, -0.1) is 0 Å². The number of hydrogen-bond donors (Lipinski definition) is 1. The van der Waals surface area contributed by atoms with Gasteiger partial charge in [0.05, 0.1) is 5.02 Å². The molecule has 88 valence electrons. The third kappa shape index (κ3) is 3.06. The summed E-state index contributed by atoms with van der Waals surface area (Å²) in [6.07, 6.45) is 0. The van der Waals surface area contributed by atoms with E-state index in [9.17, 15) is 5.11 Å². The van der Waals surface area contributed by atoms with Crippen molar-refractivity contribution in [1.82, 2.24) is 0 Å². The van der Waals surface area contributed by atoms with E-state index in [4.69, 9.17) is 27.9 Å². The van der Waals surface area contributed by atoms with Crippen molar-refractivity contribution in [2.75, 3.05) is 0 Å². The Balaban J connectivity index is 2.31. The van der Waals surface area contributed by atoms with Crippen LogP contribution < -0.4 is 4.74 Å². The second-order valence-electron chi connectivity index (χ2n) is 3.29. The van der Waals surface area contributed by atoms with E-state index in [-0.39, 0.29) is 5.75 Å². The van der Waals surface area contributed by atoms with Crippen LogP contribution in [0.1, 0.15) is 0 Å². The Kier molecular flexibility index (Phi) is 3.82. The zero-order chi connectivity index (χ0) is 12.4. The summed E-state index contributed by atoms with van der Waals surface area (Å²) in [6, 6.07) is 9.83. The highest BCUT2D eigenvalue weighted by Gasteiger charge is 2.07. The molecule has 0 aliphatic rings. The first kappa shape index (κ1) is 12.6. The van der Waals surface area contributed by atoms with Gasteiger partial charge in [0.1, 0.15) is 5.75 Å². The predicted octanol–water partition coefficient (Wildman–Crippen LogP) is 5.25. The molecule has 0 saturated heterocycles. The van der Waals surface area contributed by atoms with Crippen molar-refractivity contribution in [2.45, 2.75) is 0 Å². The summed E-state index contributed by atoms with van der Waals surface area (Å²) in [5.41, 5.74) is 0. The number of rotatable bonds is 2. The molecule has 0 radical (unpaired) electrons. The van der Waals surface area contributed by atoms with Crippen LogP contribution in [-0.2, 0) is 0 Å². The minimum atomic E-state index is 0.0328. The first-order valence-electron chi connectivity index (χ1n) is 4.67. The van der Waals surface area contributed by atoms with E-state index in [1.54, 1.807) is 36.4 Å². The van der Waals surface area contributed by atoms with Crippen LogP contribution in [0, 0.1) is 0 Å². The van der Waals surface area contributed by atoms with Gasteiger partial charge in [-0.25, -0.2) is 0 Å². The summed E-state index contributed by atoms with van der Waals surface area (Å²) in [4.78, 5) is 0. The van der Waals surface area contributed by atoms with Crippen molar-refractivity contribution >= 4 is 39.1 Å². The van der Waals surface area contributed by atoms with Crippen molar-refractivity contribution in [3.05, 3.63) is 50.9 Å². The summed E-state index contributed by atoms with van der Waals surface area (Å²) < 4.78 is 6.26. The van der Waals surface area contributed by atoms with Crippen molar-refractivity contribution in [2.24, 2.45) is 0 Å². The van der Waals surface area contributed by atoms with Crippen molar-refractivity contribution in [3.8, 4) is 17.2 Å². The quantitative estimate of drug-likeness (QED) is 0.812. The van der Waals surface area contributed by atoms with E-state index in [1.165, 1.54) is 0 Å². The summed E-state index contributed by atoms with van der Waals surface area (Å²) >= 11 is 15.0. The molecule has 1 N–H and O–H groups in total. The predicted molar refractivity (Wildman–Crippen MR) is 72.3 cm³/mol. The third-order valence-electron chi connectivity index (χ3n) is 2.03. The fourth-order valence-corrected chi connectivity index (χ4v) is 2.05. The molecule has 0 saturated carbocycles. The summed E-state index contributed by atoms with van der Waals surface area (Å²) in [5.74, 6) is 0.802. The summed E-state index contributed by atoms with van der Waals surface area (Å²) in [7, 11) is 0. The van der Waals surface area contributed by atoms with Crippen molar-refractivity contribution in [3.63, 3.8) is 0 Å². The molecule has 0 fully saturated rings. The Morgan fingerprint density at radius 1 is 1.00 bits per heavy atom. The SMILES string of the molecule is Oc1cc(Br)ccc1Oc1ccc(Cl)cc1Cl. The topological polar surface area (TPSA) is 29.5 Å². The van der Waals surface area contributed by atoms with Crippen molar-refractivity contribution in [1.29, 1.82) is 0 Å². The van der Waals surface area contributed by atoms with E-state index in [0.29, 0.717) is 21.5 Å². The van der Waals surface area contributed by atoms with Gasteiger partial charge in [-0.2, -0.15) is 0 Å². The molecular weight excluding hydrogens is 327 g/mol. The molecule has 0 unspecified atom stereocenters. The number of halogens is 3. The molecule has 0 aliphatic carbocycles. The van der Waals surface area contributed by atoms with E-state index in [2.05, 4.69) is 15.9 Å². The fourth-order valence-electron chi connectivity index (χ4n) is 1.25. The van der Waals surface area contributed by atoms with Crippen molar-refractivity contribution < 1.29 is 9.84 Å². The standard InChI is InChI=1S/C12H7BrCl2O2/c13-7-1-3-12(10(16)5-7)17-11-4-2-8(14)6-9(11)15/h1-6,16H. The van der Waals surface area contributed by atoms with Gasteiger partial charge in [0.25, 0.3) is 0 Å². The van der Waals surface area contributed by atoms with Gasteiger partial charge in [-0.3, -0.25) is 0 Å². The molecule has 5 heteroatoms. The van der Waals surface area contributed by atoms with Crippen LogP contribution >= 0.6 is 39.1 Å². The highest BCUT2D eigenvalue weighted by Crippen LogP contribution is 2.36. The van der Waals surface area contributed by atoms with Gasteiger partial charge in [0, 0.05) is 9.50 Å². The maximum Gasteiger partial charge on any atom is 0.169 e. The van der Waals surface area contributed by atoms with Gasteiger partial charge in [0.2, 0.25) is 0 Å². The first-order valence-corrected chi connectivity index (χ1v) is 6.22. The van der Waals surface area contributed by atoms with Gasteiger partial charge < -0.3 is 9.84 Å². The number of phenolic OH excluding ortho intramolecular Hbond substituents is 1. The zero-order valence-electron chi connectivity index (χ0n) is 8.45.